The predicted molar refractivity (Wildman–Crippen MR) is 68.0 cm³/mol. The maximum absolute atomic E-state index is 5.78. The maximum atomic E-state index is 5.78. The SMILES string of the molecule is CC(C)c1nc(N)cc(NC2CCCOC2)n1. The van der Waals surface area contributed by atoms with E-state index in [1.807, 2.05) is 0 Å². The Morgan fingerprint density at radius 1 is 1.47 bits per heavy atom. The lowest BCUT2D eigenvalue weighted by atomic mass is 10.1. The first-order chi connectivity index (χ1) is 8.15. The molecule has 0 radical (unpaired) electrons. The molecule has 3 N–H and O–H groups in total. The van der Waals surface area contributed by atoms with Gasteiger partial charge in [-0.25, -0.2) is 9.97 Å². The molecule has 2 heterocycles. The number of hydrogen-bond acceptors (Lipinski definition) is 5. The number of aromatic nitrogens is 2. The largest absolute Gasteiger partial charge is 0.384 e. The van der Waals surface area contributed by atoms with Gasteiger partial charge in [0.1, 0.15) is 17.5 Å². The van der Waals surface area contributed by atoms with Crippen LogP contribution in [-0.2, 0) is 4.74 Å². The van der Waals surface area contributed by atoms with Gasteiger partial charge in [-0.1, -0.05) is 13.8 Å². The number of rotatable bonds is 3. The van der Waals surface area contributed by atoms with E-state index in [1.54, 1.807) is 6.07 Å². The van der Waals surface area contributed by atoms with E-state index >= 15 is 0 Å². The Morgan fingerprint density at radius 2 is 2.29 bits per heavy atom. The summed E-state index contributed by atoms with van der Waals surface area (Å²) in [6.07, 6.45) is 2.20. The monoisotopic (exact) mass is 236 g/mol. The molecule has 1 unspecified atom stereocenters. The highest BCUT2D eigenvalue weighted by molar-refractivity contribution is 5.45. The summed E-state index contributed by atoms with van der Waals surface area (Å²) in [7, 11) is 0. The Morgan fingerprint density at radius 3 is 2.94 bits per heavy atom. The molecule has 0 bridgehead atoms. The van der Waals surface area contributed by atoms with Crippen LogP contribution >= 0.6 is 0 Å². The van der Waals surface area contributed by atoms with Gasteiger partial charge in [0.15, 0.2) is 0 Å². The van der Waals surface area contributed by atoms with Gasteiger partial charge >= 0.3 is 0 Å². The van der Waals surface area contributed by atoms with Gasteiger partial charge in [0.25, 0.3) is 0 Å². The van der Waals surface area contributed by atoms with E-state index in [0.29, 0.717) is 11.9 Å². The van der Waals surface area contributed by atoms with Gasteiger partial charge in [0.05, 0.1) is 12.6 Å². The maximum Gasteiger partial charge on any atom is 0.135 e. The molecule has 1 atom stereocenters. The van der Waals surface area contributed by atoms with Gasteiger partial charge in [-0.3, -0.25) is 0 Å². The zero-order valence-electron chi connectivity index (χ0n) is 10.4. The fraction of sp³-hybridized carbons (Fsp3) is 0.667. The second-order valence-corrected chi connectivity index (χ2v) is 4.75. The second-order valence-electron chi connectivity index (χ2n) is 4.75. The van der Waals surface area contributed by atoms with Crippen LogP contribution in [0.25, 0.3) is 0 Å². The van der Waals surface area contributed by atoms with Crippen molar-refractivity contribution in [2.75, 3.05) is 24.3 Å². The van der Waals surface area contributed by atoms with E-state index < -0.39 is 0 Å². The van der Waals surface area contributed by atoms with Crippen LogP contribution in [0.3, 0.4) is 0 Å². The van der Waals surface area contributed by atoms with Crippen molar-refractivity contribution in [3.05, 3.63) is 11.9 Å². The van der Waals surface area contributed by atoms with E-state index in [1.165, 1.54) is 0 Å². The van der Waals surface area contributed by atoms with Crippen LogP contribution in [0.1, 0.15) is 38.4 Å². The van der Waals surface area contributed by atoms with E-state index in [-0.39, 0.29) is 5.92 Å². The molecule has 1 aromatic rings. The quantitative estimate of drug-likeness (QED) is 0.836. The van der Waals surface area contributed by atoms with Crippen LogP contribution in [-0.4, -0.2) is 29.2 Å². The molecule has 94 valence electrons. The number of nitrogens with two attached hydrogens (primary N) is 1. The van der Waals surface area contributed by atoms with Crippen LogP contribution in [0.5, 0.6) is 0 Å². The van der Waals surface area contributed by atoms with E-state index in [4.69, 9.17) is 10.5 Å². The fourth-order valence-corrected chi connectivity index (χ4v) is 1.88. The third-order valence-corrected chi connectivity index (χ3v) is 2.79. The molecule has 0 spiro atoms. The Hall–Kier alpha value is -1.36. The summed E-state index contributed by atoms with van der Waals surface area (Å²) in [5, 5.41) is 3.36. The number of nitrogen functional groups attached to an aromatic ring is 1. The number of anilines is 2. The lowest BCUT2D eigenvalue weighted by molar-refractivity contribution is 0.0875. The summed E-state index contributed by atoms with van der Waals surface area (Å²) >= 11 is 0. The standard InChI is InChI=1S/C12H20N4O/c1-8(2)12-15-10(13)6-11(16-12)14-9-4-3-5-17-7-9/h6,8-9H,3-5,7H2,1-2H3,(H3,13,14,15,16). The topological polar surface area (TPSA) is 73.1 Å². The van der Waals surface area contributed by atoms with Crippen LogP contribution in [0.2, 0.25) is 0 Å². The second kappa shape index (κ2) is 5.31. The van der Waals surface area contributed by atoms with Crippen molar-refractivity contribution in [1.29, 1.82) is 0 Å². The summed E-state index contributed by atoms with van der Waals surface area (Å²) < 4.78 is 5.43. The lowest BCUT2D eigenvalue weighted by Crippen LogP contribution is -2.30. The van der Waals surface area contributed by atoms with Crippen molar-refractivity contribution in [3.63, 3.8) is 0 Å². The number of nitrogens with one attached hydrogen (secondary N) is 1. The van der Waals surface area contributed by atoms with Gasteiger partial charge in [-0.05, 0) is 12.8 Å². The molecule has 1 aliphatic rings. The number of nitrogens with zero attached hydrogens (tertiary/aromatic N) is 2. The van der Waals surface area contributed by atoms with Gasteiger partial charge < -0.3 is 15.8 Å². The number of hydrogen-bond donors (Lipinski definition) is 2. The van der Waals surface area contributed by atoms with Gasteiger partial charge in [0.2, 0.25) is 0 Å². The van der Waals surface area contributed by atoms with Gasteiger partial charge in [-0.2, -0.15) is 0 Å². The van der Waals surface area contributed by atoms with Crippen molar-refractivity contribution in [2.24, 2.45) is 0 Å². The minimum atomic E-state index is 0.279. The van der Waals surface area contributed by atoms with Crippen molar-refractivity contribution >= 4 is 11.6 Å². The first kappa shape index (κ1) is 12.1. The van der Waals surface area contributed by atoms with E-state index in [9.17, 15) is 0 Å². The first-order valence-corrected chi connectivity index (χ1v) is 6.14. The summed E-state index contributed by atoms with van der Waals surface area (Å²) in [5.41, 5.74) is 5.78. The molecule has 5 nitrogen and oxygen atoms in total. The molecule has 17 heavy (non-hydrogen) atoms. The highest BCUT2D eigenvalue weighted by Gasteiger charge is 2.15. The molecular formula is C12H20N4O. The van der Waals surface area contributed by atoms with Crippen molar-refractivity contribution in [2.45, 2.75) is 38.6 Å². The molecule has 5 heteroatoms. The molecule has 0 saturated carbocycles. The molecule has 0 aromatic carbocycles. The van der Waals surface area contributed by atoms with Crippen LogP contribution < -0.4 is 11.1 Å². The molecular weight excluding hydrogens is 216 g/mol. The molecule has 1 aromatic heterocycles. The van der Waals surface area contributed by atoms with Crippen LogP contribution in [0, 0.1) is 0 Å². The average molecular weight is 236 g/mol. The van der Waals surface area contributed by atoms with Crippen LogP contribution in [0.15, 0.2) is 6.07 Å². The minimum Gasteiger partial charge on any atom is -0.384 e. The van der Waals surface area contributed by atoms with Crippen molar-refractivity contribution in [1.82, 2.24) is 9.97 Å². The normalized spacial score (nSPS) is 20.5. The van der Waals surface area contributed by atoms with Gasteiger partial charge in [0, 0.05) is 18.6 Å². The zero-order chi connectivity index (χ0) is 12.3. The summed E-state index contributed by atoms with van der Waals surface area (Å²) in [5.74, 6) is 2.38. The van der Waals surface area contributed by atoms with E-state index in [2.05, 4.69) is 29.1 Å². The Labute approximate surface area is 102 Å². The Bertz CT molecular complexity index is 375. The smallest absolute Gasteiger partial charge is 0.135 e. The lowest BCUT2D eigenvalue weighted by Gasteiger charge is -2.24. The van der Waals surface area contributed by atoms with Crippen molar-refractivity contribution in [3.8, 4) is 0 Å². The summed E-state index contributed by atoms with van der Waals surface area (Å²) in [6.45, 7) is 5.72. The highest BCUT2D eigenvalue weighted by Crippen LogP contribution is 2.17. The average Bonchev–Trinajstić information content (AvgIpc) is 2.29. The summed E-state index contributed by atoms with van der Waals surface area (Å²) in [4.78, 5) is 8.69. The Kier molecular flexibility index (Phi) is 3.78. The molecule has 1 fully saturated rings. The molecule has 0 amide bonds. The zero-order valence-corrected chi connectivity index (χ0v) is 10.4. The van der Waals surface area contributed by atoms with Gasteiger partial charge in [-0.15, -0.1) is 0 Å². The third-order valence-electron chi connectivity index (χ3n) is 2.79. The van der Waals surface area contributed by atoms with E-state index in [0.717, 1.165) is 37.7 Å². The third kappa shape index (κ3) is 3.30. The highest BCUT2D eigenvalue weighted by atomic mass is 16.5. The first-order valence-electron chi connectivity index (χ1n) is 6.14. The predicted octanol–water partition coefficient (Wildman–Crippen LogP) is 1.77. The summed E-state index contributed by atoms with van der Waals surface area (Å²) in [6, 6.07) is 2.11. The molecule has 1 aliphatic heterocycles. The molecule has 2 rings (SSSR count). The fourth-order valence-electron chi connectivity index (χ4n) is 1.88. The minimum absolute atomic E-state index is 0.279. The number of ether oxygens (including phenoxy) is 1. The molecule has 1 saturated heterocycles. The van der Waals surface area contributed by atoms with Crippen LogP contribution in [0.4, 0.5) is 11.6 Å². The Balaban J connectivity index is 2.09. The van der Waals surface area contributed by atoms with Crippen molar-refractivity contribution < 1.29 is 4.74 Å². The molecule has 0 aliphatic carbocycles.